The number of rotatable bonds is 3. The summed E-state index contributed by atoms with van der Waals surface area (Å²) in [6.45, 7) is 0.221. The van der Waals surface area contributed by atoms with E-state index in [1.54, 1.807) is 24.3 Å². The number of halogens is 2. The van der Waals surface area contributed by atoms with E-state index in [9.17, 15) is 4.39 Å². The second-order valence-electron chi connectivity index (χ2n) is 3.86. The van der Waals surface area contributed by atoms with Gasteiger partial charge >= 0.3 is 0 Å². The van der Waals surface area contributed by atoms with E-state index >= 15 is 0 Å². The van der Waals surface area contributed by atoms with Crippen molar-refractivity contribution in [1.29, 1.82) is 5.26 Å². The van der Waals surface area contributed by atoms with E-state index in [0.29, 0.717) is 5.69 Å². The van der Waals surface area contributed by atoms with Gasteiger partial charge in [0.2, 0.25) is 0 Å². The number of nitrogen functional groups attached to an aromatic ring is 1. The minimum absolute atomic E-state index is 0.0888. The third-order valence-corrected chi connectivity index (χ3v) is 3.29. The van der Waals surface area contributed by atoms with Crippen LogP contribution in [-0.2, 0) is 6.61 Å². The smallest absolute Gasteiger partial charge is 0.144 e. The fourth-order valence-electron chi connectivity index (χ4n) is 1.57. The number of benzene rings is 2. The lowest BCUT2D eigenvalue weighted by atomic mass is 10.2. The van der Waals surface area contributed by atoms with E-state index in [1.807, 2.05) is 6.07 Å². The number of nitrogens with zero attached hydrogens (tertiary/aromatic N) is 1. The van der Waals surface area contributed by atoms with Gasteiger partial charge in [0.05, 0.1) is 0 Å². The lowest BCUT2D eigenvalue weighted by Crippen LogP contribution is -2.00. The van der Waals surface area contributed by atoms with Gasteiger partial charge in [-0.15, -0.1) is 0 Å². The molecule has 2 aromatic rings. The Kier molecular flexibility index (Phi) is 4.03. The highest BCUT2D eigenvalue weighted by atomic mass is 79.9. The van der Waals surface area contributed by atoms with Crippen LogP contribution in [0.5, 0.6) is 5.75 Å². The molecule has 2 N–H and O–H groups in total. The number of ether oxygens (including phenoxy) is 1. The Bertz CT molecular complexity index is 652. The van der Waals surface area contributed by atoms with Crippen LogP contribution in [0, 0.1) is 17.1 Å². The van der Waals surface area contributed by atoms with Crippen LogP contribution in [-0.4, -0.2) is 0 Å². The maximum absolute atomic E-state index is 13.4. The van der Waals surface area contributed by atoms with E-state index in [0.717, 1.165) is 10.0 Å². The summed E-state index contributed by atoms with van der Waals surface area (Å²) in [6.07, 6.45) is 0. The van der Waals surface area contributed by atoms with Crippen molar-refractivity contribution >= 4 is 21.6 Å². The summed E-state index contributed by atoms with van der Waals surface area (Å²) in [7, 11) is 0. The van der Waals surface area contributed by atoms with Gasteiger partial charge < -0.3 is 10.5 Å². The summed E-state index contributed by atoms with van der Waals surface area (Å²) in [6, 6.07) is 11.4. The SMILES string of the molecule is N#Cc1c(F)cccc1OCc1ccc(N)cc1Br. The first-order valence-electron chi connectivity index (χ1n) is 5.47. The van der Waals surface area contributed by atoms with Crippen molar-refractivity contribution in [3.05, 3.63) is 57.8 Å². The maximum Gasteiger partial charge on any atom is 0.144 e. The minimum Gasteiger partial charge on any atom is -0.487 e. The zero-order valence-corrected chi connectivity index (χ0v) is 11.4. The van der Waals surface area contributed by atoms with Gasteiger partial charge in [0, 0.05) is 15.7 Å². The average molecular weight is 321 g/mol. The summed E-state index contributed by atoms with van der Waals surface area (Å²) in [5.74, 6) is -0.359. The zero-order valence-electron chi connectivity index (χ0n) is 9.86. The third kappa shape index (κ3) is 3.04. The van der Waals surface area contributed by atoms with Crippen molar-refractivity contribution in [3.8, 4) is 11.8 Å². The molecule has 0 unspecified atom stereocenters. The van der Waals surface area contributed by atoms with E-state index in [4.69, 9.17) is 15.7 Å². The predicted molar refractivity (Wildman–Crippen MR) is 74.0 cm³/mol. The Balaban J connectivity index is 2.20. The topological polar surface area (TPSA) is 59.0 Å². The van der Waals surface area contributed by atoms with Gasteiger partial charge in [-0.1, -0.05) is 28.1 Å². The summed E-state index contributed by atoms with van der Waals surface area (Å²) in [5, 5.41) is 8.89. The lowest BCUT2D eigenvalue weighted by molar-refractivity contribution is 0.303. The minimum atomic E-state index is -0.587. The Hall–Kier alpha value is -2.06. The van der Waals surface area contributed by atoms with Crippen molar-refractivity contribution in [3.63, 3.8) is 0 Å². The van der Waals surface area contributed by atoms with Crippen LogP contribution in [0.4, 0.5) is 10.1 Å². The van der Waals surface area contributed by atoms with E-state index < -0.39 is 5.82 Å². The van der Waals surface area contributed by atoms with E-state index in [2.05, 4.69) is 15.9 Å². The number of hydrogen-bond acceptors (Lipinski definition) is 3. The molecule has 0 radical (unpaired) electrons. The van der Waals surface area contributed by atoms with Crippen LogP contribution < -0.4 is 10.5 Å². The molecule has 0 bridgehead atoms. The highest BCUT2D eigenvalue weighted by molar-refractivity contribution is 9.10. The molecular weight excluding hydrogens is 311 g/mol. The predicted octanol–water partition coefficient (Wildman–Crippen LogP) is 3.62. The summed E-state index contributed by atoms with van der Waals surface area (Å²) >= 11 is 3.37. The van der Waals surface area contributed by atoms with Gasteiger partial charge in [-0.05, 0) is 24.3 Å². The second-order valence-corrected chi connectivity index (χ2v) is 4.72. The molecule has 19 heavy (non-hydrogen) atoms. The molecule has 5 heteroatoms. The highest BCUT2D eigenvalue weighted by Crippen LogP contribution is 2.24. The van der Waals surface area contributed by atoms with Crippen molar-refractivity contribution in [2.75, 3.05) is 5.73 Å². The molecule has 96 valence electrons. The van der Waals surface area contributed by atoms with Crippen molar-refractivity contribution in [2.45, 2.75) is 6.61 Å². The normalized spacial score (nSPS) is 9.95. The van der Waals surface area contributed by atoms with Gasteiger partial charge in [0.15, 0.2) is 0 Å². The number of hydrogen-bond donors (Lipinski definition) is 1. The largest absolute Gasteiger partial charge is 0.487 e. The summed E-state index contributed by atoms with van der Waals surface area (Å²) in [4.78, 5) is 0. The fraction of sp³-hybridized carbons (Fsp3) is 0.0714. The van der Waals surface area contributed by atoms with Gasteiger partial charge in [-0.25, -0.2) is 4.39 Å². The van der Waals surface area contributed by atoms with Crippen LogP contribution in [0.15, 0.2) is 40.9 Å². The van der Waals surface area contributed by atoms with E-state index in [-0.39, 0.29) is 17.9 Å². The zero-order chi connectivity index (χ0) is 13.8. The van der Waals surface area contributed by atoms with Crippen LogP contribution in [0.25, 0.3) is 0 Å². The van der Waals surface area contributed by atoms with Gasteiger partial charge in [-0.2, -0.15) is 5.26 Å². The Morgan fingerprint density at radius 2 is 2.11 bits per heavy atom. The number of nitriles is 1. The average Bonchev–Trinajstić information content (AvgIpc) is 2.38. The second kappa shape index (κ2) is 5.72. The lowest BCUT2D eigenvalue weighted by Gasteiger charge is -2.10. The fourth-order valence-corrected chi connectivity index (χ4v) is 2.08. The van der Waals surface area contributed by atoms with Crippen LogP contribution in [0.1, 0.15) is 11.1 Å². The molecule has 3 nitrogen and oxygen atoms in total. The molecule has 0 spiro atoms. The van der Waals surface area contributed by atoms with E-state index in [1.165, 1.54) is 12.1 Å². The quantitative estimate of drug-likeness (QED) is 0.879. The molecule has 0 aliphatic rings. The summed E-state index contributed by atoms with van der Waals surface area (Å²) in [5.41, 5.74) is 7.05. The van der Waals surface area contributed by atoms with Crippen molar-refractivity contribution in [1.82, 2.24) is 0 Å². The first-order valence-corrected chi connectivity index (χ1v) is 6.26. The van der Waals surface area contributed by atoms with Crippen LogP contribution in [0.2, 0.25) is 0 Å². The van der Waals surface area contributed by atoms with Crippen LogP contribution in [0.3, 0.4) is 0 Å². The molecule has 0 aromatic heterocycles. The third-order valence-electron chi connectivity index (χ3n) is 2.55. The standard InChI is InChI=1S/C14H10BrFN2O/c15-12-6-10(18)5-4-9(12)8-19-14-3-1-2-13(16)11(14)7-17/h1-6H,8,18H2. The number of nitrogens with two attached hydrogens (primary N) is 1. The molecular formula is C14H10BrFN2O. The van der Waals surface area contributed by atoms with Gasteiger partial charge in [0.1, 0.15) is 29.8 Å². The molecule has 0 fully saturated rings. The molecule has 2 aromatic carbocycles. The monoisotopic (exact) mass is 320 g/mol. The molecule has 0 heterocycles. The molecule has 0 aliphatic heterocycles. The maximum atomic E-state index is 13.4. The van der Waals surface area contributed by atoms with Gasteiger partial charge in [0.25, 0.3) is 0 Å². The Labute approximate surface area is 118 Å². The van der Waals surface area contributed by atoms with Crippen LogP contribution >= 0.6 is 15.9 Å². The van der Waals surface area contributed by atoms with Crippen molar-refractivity contribution < 1.29 is 9.13 Å². The van der Waals surface area contributed by atoms with Gasteiger partial charge in [-0.3, -0.25) is 0 Å². The molecule has 0 saturated heterocycles. The Morgan fingerprint density at radius 3 is 2.79 bits per heavy atom. The molecule has 0 amide bonds. The molecule has 0 aliphatic carbocycles. The number of anilines is 1. The Morgan fingerprint density at radius 1 is 1.32 bits per heavy atom. The first-order chi connectivity index (χ1) is 9.11. The first kappa shape index (κ1) is 13.4. The van der Waals surface area contributed by atoms with Crippen molar-refractivity contribution in [2.24, 2.45) is 0 Å². The highest BCUT2D eigenvalue weighted by Gasteiger charge is 2.09. The molecule has 2 rings (SSSR count). The molecule has 0 saturated carbocycles. The molecule has 0 atom stereocenters. The summed E-state index contributed by atoms with van der Waals surface area (Å²) < 4.78 is 19.7.